The Labute approximate surface area is 241 Å². The molecule has 0 saturated carbocycles. The van der Waals surface area contributed by atoms with Crippen LogP contribution in [0.2, 0.25) is 0 Å². The molecule has 0 bridgehead atoms. The van der Waals surface area contributed by atoms with E-state index in [4.69, 9.17) is 9.47 Å². The number of aromatic nitrogens is 3. The van der Waals surface area contributed by atoms with Crippen LogP contribution in [0.3, 0.4) is 0 Å². The summed E-state index contributed by atoms with van der Waals surface area (Å²) in [7, 11) is 1.77. The molecule has 8 heteroatoms. The first-order valence-electron chi connectivity index (χ1n) is 14.6. The molecule has 1 N–H and O–H groups in total. The van der Waals surface area contributed by atoms with E-state index in [9.17, 15) is 4.79 Å². The number of hydrogen-bond donors (Lipinski definition) is 1. The molecule has 3 heterocycles. The Morgan fingerprint density at radius 1 is 1.05 bits per heavy atom. The Bertz CT molecular complexity index is 1560. The molecular weight excluding hydrogens is 514 g/mol. The molecule has 1 atom stereocenters. The normalized spacial score (nSPS) is 16.7. The molecule has 2 aliphatic rings. The fraction of sp³-hybridized carbons (Fsp3) is 0.364. The fourth-order valence-electron chi connectivity index (χ4n) is 5.89. The molecule has 1 fully saturated rings. The van der Waals surface area contributed by atoms with Gasteiger partial charge in [0.05, 0.1) is 12.2 Å². The summed E-state index contributed by atoms with van der Waals surface area (Å²) in [5, 5.41) is 12.5. The van der Waals surface area contributed by atoms with Crippen LogP contribution in [0.4, 0.5) is 5.82 Å². The van der Waals surface area contributed by atoms with Gasteiger partial charge in [-0.1, -0.05) is 67.6 Å². The number of aryl methyl sites for hydroxylation is 1. The van der Waals surface area contributed by atoms with Gasteiger partial charge < -0.3 is 14.8 Å². The molecule has 0 amide bonds. The zero-order valence-electron chi connectivity index (χ0n) is 23.8. The highest BCUT2D eigenvalue weighted by molar-refractivity contribution is 5.74. The van der Waals surface area contributed by atoms with E-state index in [1.165, 1.54) is 5.56 Å². The third kappa shape index (κ3) is 5.84. The summed E-state index contributed by atoms with van der Waals surface area (Å²) in [6.45, 7) is 5.91. The van der Waals surface area contributed by atoms with Crippen LogP contribution in [0.15, 0.2) is 71.5 Å². The maximum Gasteiger partial charge on any atom is 0.296 e. The van der Waals surface area contributed by atoms with E-state index >= 15 is 0 Å². The highest BCUT2D eigenvalue weighted by Gasteiger charge is 2.28. The molecule has 0 unspecified atom stereocenters. The number of hydrogen-bond acceptors (Lipinski definition) is 7. The highest BCUT2D eigenvalue weighted by Crippen LogP contribution is 2.43. The lowest BCUT2D eigenvalue weighted by atomic mass is 9.97. The number of ether oxygens (including phenoxy) is 2. The van der Waals surface area contributed by atoms with Crippen molar-refractivity contribution in [3.8, 4) is 22.9 Å². The van der Waals surface area contributed by atoms with Crippen molar-refractivity contribution < 1.29 is 9.47 Å². The predicted octanol–water partition coefficient (Wildman–Crippen LogP) is 5.00. The van der Waals surface area contributed by atoms with E-state index in [2.05, 4.69) is 57.7 Å². The highest BCUT2D eigenvalue weighted by atomic mass is 16.5. The Hall–Kier alpha value is -4.17. The van der Waals surface area contributed by atoms with Gasteiger partial charge in [0, 0.05) is 38.2 Å². The quantitative estimate of drug-likeness (QED) is 0.314. The average Bonchev–Trinajstić information content (AvgIpc) is 3.48. The molecule has 0 spiro atoms. The molecule has 212 valence electrons. The van der Waals surface area contributed by atoms with Gasteiger partial charge in [0.2, 0.25) is 5.82 Å². The molecule has 8 nitrogen and oxygen atoms in total. The zero-order chi connectivity index (χ0) is 28.2. The van der Waals surface area contributed by atoms with Crippen molar-refractivity contribution in [2.45, 2.75) is 51.8 Å². The summed E-state index contributed by atoms with van der Waals surface area (Å²) in [6.07, 6.45) is 3.54. The summed E-state index contributed by atoms with van der Waals surface area (Å²) in [5.74, 6) is 2.37. The van der Waals surface area contributed by atoms with Gasteiger partial charge in [-0.3, -0.25) is 14.3 Å². The molecule has 0 radical (unpaired) electrons. The molecule has 1 aromatic heterocycles. The van der Waals surface area contributed by atoms with Gasteiger partial charge in [0.25, 0.3) is 5.56 Å². The van der Waals surface area contributed by atoms with Crippen molar-refractivity contribution in [2.24, 2.45) is 7.05 Å². The largest absolute Gasteiger partial charge is 0.493 e. The average molecular weight is 552 g/mol. The Kier molecular flexibility index (Phi) is 8.00. The monoisotopic (exact) mass is 551 g/mol. The van der Waals surface area contributed by atoms with Crippen LogP contribution in [-0.2, 0) is 33.0 Å². The number of rotatable bonds is 9. The molecular formula is C33H37N5O3. The van der Waals surface area contributed by atoms with E-state index in [0.717, 1.165) is 79.1 Å². The third-order valence-electron chi connectivity index (χ3n) is 8.03. The van der Waals surface area contributed by atoms with Gasteiger partial charge in [0.1, 0.15) is 18.1 Å². The number of fused-ring (bicyclic) bond motifs is 1. The first kappa shape index (κ1) is 27.0. The lowest BCUT2D eigenvalue weighted by molar-refractivity contribution is 0.208. The van der Waals surface area contributed by atoms with Crippen molar-refractivity contribution in [2.75, 3.05) is 25.0 Å². The van der Waals surface area contributed by atoms with Crippen molar-refractivity contribution >= 4 is 5.82 Å². The summed E-state index contributed by atoms with van der Waals surface area (Å²) in [4.78, 5) is 16.1. The third-order valence-corrected chi connectivity index (χ3v) is 8.03. The maximum absolute atomic E-state index is 13.7. The number of nitrogens with one attached hydrogen (secondary N) is 1. The number of piperidine rings is 1. The smallest absolute Gasteiger partial charge is 0.296 e. The van der Waals surface area contributed by atoms with Crippen molar-refractivity contribution in [3.05, 3.63) is 99.3 Å². The Morgan fingerprint density at radius 3 is 2.56 bits per heavy atom. The summed E-state index contributed by atoms with van der Waals surface area (Å²) in [5.41, 5.74) is 5.03. The second-order valence-corrected chi connectivity index (χ2v) is 10.9. The van der Waals surface area contributed by atoms with Gasteiger partial charge >= 0.3 is 0 Å². The number of likely N-dealkylation sites (tertiary alicyclic amines) is 1. The summed E-state index contributed by atoms with van der Waals surface area (Å²) >= 11 is 0. The van der Waals surface area contributed by atoms with E-state index in [1.807, 2.05) is 36.4 Å². The topological polar surface area (TPSA) is 81.5 Å². The second kappa shape index (κ2) is 12.1. The lowest BCUT2D eigenvalue weighted by Gasteiger charge is -2.33. The number of nitrogens with zero attached hydrogens (tertiary/aromatic N) is 4. The van der Waals surface area contributed by atoms with Gasteiger partial charge in [-0.25, -0.2) is 0 Å². The van der Waals surface area contributed by atoms with E-state index < -0.39 is 0 Å². The lowest BCUT2D eigenvalue weighted by Crippen LogP contribution is -2.43. The van der Waals surface area contributed by atoms with E-state index in [0.29, 0.717) is 19.0 Å². The van der Waals surface area contributed by atoms with Crippen LogP contribution in [0.25, 0.3) is 11.4 Å². The van der Waals surface area contributed by atoms with Gasteiger partial charge in [-0.2, -0.15) is 0 Å². The molecule has 3 aromatic carbocycles. The molecule has 1 saturated heterocycles. The van der Waals surface area contributed by atoms with Crippen molar-refractivity contribution in [3.63, 3.8) is 0 Å². The van der Waals surface area contributed by atoms with Crippen LogP contribution in [0.1, 0.15) is 42.0 Å². The van der Waals surface area contributed by atoms with Crippen LogP contribution in [-0.4, -0.2) is 45.4 Å². The summed E-state index contributed by atoms with van der Waals surface area (Å²) < 4.78 is 14.0. The first-order valence-corrected chi connectivity index (χ1v) is 14.6. The van der Waals surface area contributed by atoms with E-state index in [-0.39, 0.29) is 17.4 Å². The molecule has 6 rings (SSSR count). The maximum atomic E-state index is 13.7. The van der Waals surface area contributed by atoms with E-state index in [1.54, 1.807) is 11.6 Å². The molecule has 2 aliphatic heterocycles. The first-order chi connectivity index (χ1) is 20.1. The van der Waals surface area contributed by atoms with Gasteiger partial charge in [-0.05, 0) is 48.6 Å². The minimum atomic E-state index is -0.192. The standard InChI is InChI=1S/C33H37N5O3/c1-3-25-19-28-27(16-18-40-28)30(41-22-24-13-8-5-9-14-24)29(25)32-36-35-31(33(39)37(32)2)34-26-15-10-17-38(21-26)20-23-11-6-4-7-12-23/h4-9,11-14,19,26H,3,10,15-18,20-22H2,1-2H3,(H,34,35)/t26-/m1/s1. The van der Waals surface area contributed by atoms with Crippen molar-refractivity contribution in [1.82, 2.24) is 19.7 Å². The van der Waals surface area contributed by atoms with Gasteiger partial charge in [0.15, 0.2) is 5.82 Å². The number of anilines is 1. The Balaban J connectivity index is 1.28. The Morgan fingerprint density at radius 2 is 1.80 bits per heavy atom. The second-order valence-electron chi connectivity index (χ2n) is 10.9. The van der Waals surface area contributed by atoms with Crippen LogP contribution < -0.4 is 20.3 Å². The minimum Gasteiger partial charge on any atom is -0.493 e. The zero-order valence-corrected chi connectivity index (χ0v) is 23.8. The van der Waals surface area contributed by atoms with Crippen LogP contribution in [0.5, 0.6) is 11.5 Å². The molecule has 41 heavy (non-hydrogen) atoms. The van der Waals surface area contributed by atoms with Gasteiger partial charge in [-0.15, -0.1) is 10.2 Å². The SMILES string of the molecule is CCc1cc2c(c(OCc3ccccc3)c1-c1nnc(N[C@@H]3CCCN(Cc4ccccc4)C3)c(=O)n1C)CCO2. The number of benzene rings is 3. The fourth-order valence-corrected chi connectivity index (χ4v) is 5.89. The predicted molar refractivity (Wildman–Crippen MR) is 160 cm³/mol. The molecule has 0 aliphatic carbocycles. The minimum absolute atomic E-state index is 0.133. The van der Waals surface area contributed by atoms with Crippen LogP contribution >= 0.6 is 0 Å². The molecule has 4 aromatic rings. The van der Waals surface area contributed by atoms with Crippen molar-refractivity contribution in [1.29, 1.82) is 0 Å². The summed E-state index contributed by atoms with van der Waals surface area (Å²) in [6, 6.07) is 22.8. The van der Waals surface area contributed by atoms with Crippen LogP contribution in [0, 0.1) is 0 Å².